The van der Waals surface area contributed by atoms with E-state index in [1.165, 1.54) is 5.75 Å². The van der Waals surface area contributed by atoms with Crippen LogP contribution in [0.25, 0.3) is 0 Å². The van der Waals surface area contributed by atoms with Gasteiger partial charge in [0.15, 0.2) is 0 Å². The highest BCUT2D eigenvalue weighted by Gasteiger charge is 2.29. The molecule has 1 aliphatic heterocycles. The summed E-state index contributed by atoms with van der Waals surface area (Å²) in [5, 5.41) is 3.25. The Morgan fingerprint density at radius 2 is 2.39 bits per heavy atom. The van der Waals surface area contributed by atoms with Crippen LogP contribution in [0.2, 0.25) is 0 Å². The van der Waals surface area contributed by atoms with Gasteiger partial charge in [-0.05, 0) is 18.7 Å². The first-order valence-corrected chi connectivity index (χ1v) is 7.94. The second-order valence-corrected chi connectivity index (χ2v) is 5.90. The maximum absolute atomic E-state index is 12.5. The zero-order valence-electron chi connectivity index (χ0n) is 11.8. The molecule has 1 saturated heterocycles. The Morgan fingerprint density at radius 3 is 2.94 bits per heavy atom. The van der Waals surface area contributed by atoms with Gasteiger partial charge in [0.25, 0.3) is 0 Å². The molecule has 0 spiro atoms. The highest BCUT2D eigenvalue weighted by molar-refractivity contribution is 7.99. The van der Waals surface area contributed by atoms with Crippen LogP contribution in [0.15, 0.2) is 0 Å². The van der Waals surface area contributed by atoms with E-state index in [4.69, 9.17) is 4.74 Å². The molecule has 0 radical (unpaired) electrons. The predicted molar refractivity (Wildman–Crippen MR) is 77.0 cm³/mol. The van der Waals surface area contributed by atoms with E-state index in [1.807, 2.05) is 23.6 Å². The van der Waals surface area contributed by atoms with E-state index in [2.05, 4.69) is 12.2 Å². The standard InChI is InChI=1S/C13H26N2O2S/c1-4-14-9-11(2)13(16)15(6-7-17-3)12-5-8-18-10-12/h11-12,14H,4-10H2,1-3H3. The molecule has 1 N–H and O–H groups in total. The maximum Gasteiger partial charge on any atom is 0.227 e. The summed E-state index contributed by atoms with van der Waals surface area (Å²) < 4.78 is 5.13. The van der Waals surface area contributed by atoms with E-state index in [-0.39, 0.29) is 11.8 Å². The van der Waals surface area contributed by atoms with Crippen molar-refractivity contribution in [2.45, 2.75) is 26.3 Å². The van der Waals surface area contributed by atoms with Crippen molar-refractivity contribution in [2.75, 3.05) is 44.9 Å². The Kier molecular flexibility index (Phi) is 7.70. The number of rotatable bonds is 8. The van der Waals surface area contributed by atoms with Gasteiger partial charge in [-0.2, -0.15) is 11.8 Å². The highest BCUT2D eigenvalue weighted by Crippen LogP contribution is 2.23. The number of carbonyl (C=O) groups excluding carboxylic acids is 1. The molecular weight excluding hydrogens is 248 g/mol. The number of methoxy groups -OCH3 is 1. The van der Waals surface area contributed by atoms with Gasteiger partial charge in [-0.1, -0.05) is 13.8 Å². The van der Waals surface area contributed by atoms with E-state index in [0.29, 0.717) is 12.6 Å². The summed E-state index contributed by atoms with van der Waals surface area (Å²) in [6.45, 7) is 7.09. The molecule has 1 fully saturated rings. The molecule has 1 rings (SSSR count). The second-order valence-electron chi connectivity index (χ2n) is 4.75. The number of hydrogen-bond donors (Lipinski definition) is 1. The van der Waals surface area contributed by atoms with Crippen LogP contribution < -0.4 is 5.32 Å². The zero-order chi connectivity index (χ0) is 13.4. The fraction of sp³-hybridized carbons (Fsp3) is 0.923. The Morgan fingerprint density at radius 1 is 1.61 bits per heavy atom. The number of thioether (sulfide) groups is 1. The summed E-state index contributed by atoms with van der Waals surface area (Å²) in [6.07, 6.45) is 1.12. The third kappa shape index (κ3) is 4.78. The molecule has 5 heteroatoms. The van der Waals surface area contributed by atoms with Crippen LogP contribution in [0.1, 0.15) is 20.3 Å². The Bertz CT molecular complexity index is 245. The Balaban J connectivity index is 2.53. The number of amides is 1. The average molecular weight is 274 g/mol. The van der Waals surface area contributed by atoms with Crippen molar-refractivity contribution >= 4 is 17.7 Å². The fourth-order valence-corrected chi connectivity index (χ4v) is 3.39. The zero-order valence-corrected chi connectivity index (χ0v) is 12.6. The van der Waals surface area contributed by atoms with Crippen molar-refractivity contribution in [3.63, 3.8) is 0 Å². The summed E-state index contributed by atoms with van der Waals surface area (Å²) >= 11 is 1.94. The van der Waals surface area contributed by atoms with Gasteiger partial charge < -0.3 is 15.0 Å². The Labute approximate surface area is 115 Å². The second kappa shape index (κ2) is 8.77. The molecule has 1 heterocycles. The monoisotopic (exact) mass is 274 g/mol. The van der Waals surface area contributed by atoms with Crippen LogP contribution in [-0.2, 0) is 9.53 Å². The summed E-state index contributed by atoms with van der Waals surface area (Å²) in [5.41, 5.74) is 0. The number of nitrogens with one attached hydrogen (secondary N) is 1. The lowest BCUT2D eigenvalue weighted by atomic mass is 10.1. The minimum absolute atomic E-state index is 0.0485. The van der Waals surface area contributed by atoms with E-state index in [9.17, 15) is 4.79 Å². The molecule has 106 valence electrons. The molecule has 2 atom stereocenters. The summed E-state index contributed by atoms with van der Waals surface area (Å²) in [4.78, 5) is 14.5. The summed E-state index contributed by atoms with van der Waals surface area (Å²) in [7, 11) is 1.69. The van der Waals surface area contributed by atoms with E-state index < -0.39 is 0 Å². The maximum atomic E-state index is 12.5. The van der Waals surface area contributed by atoms with Gasteiger partial charge in [0.05, 0.1) is 6.61 Å². The van der Waals surface area contributed by atoms with E-state index in [0.717, 1.165) is 31.8 Å². The molecule has 0 bridgehead atoms. The van der Waals surface area contributed by atoms with Crippen LogP contribution in [-0.4, -0.2) is 61.7 Å². The molecule has 0 aromatic carbocycles. The van der Waals surface area contributed by atoms with Gasteiger partial charge in [0, 0.05) is 37.9 Å². The van der Waals surface area contributed by atoms with Crippen molar-refractivity contribution in [1.29, 1.82) is 0 Å². The largest absolute Gasteiger partial charge is 0.383 e. The molecule has 0 aromatic rings. The summed E-state index contributed by atoms with van der Waals surface area (Å²) in [6, 6.07) is 0.404. The quantitative estimate of drug-likeness (QED) is 0.722. The fourth-order valence-electron chi connectivity index (χ4n) is 2.16. The molecule has 18 heavy (non-hydrogen) atoms. The lowest BCUT2D eigenvalue weighted by Crippen LogP contribution is -2.46. The van der Waals surface area contributed by atoms with E-state index in [1.54, 1.807) is 7.11 Å². The van der Waals surface area contributed by atoms with Crippen molar-refractivity contribution in [3.8, 4) is 0 Å². The normalized spacial score (nSPS) is 20.9. The average Bonchev–Trinajstić information content (AvgIpc) is 2.90. The number of hydrogen-bond acceptors (Lipinski definition) is 4. The molecule has 2 unspecified atom stereocenters. The first kappa shape index (κ1) is 15.8. The predicted octanol–water partition coefficient (Wildman–Crippen LogP) is 1.21. The SMILES string of the molecule is CCNCC(C)C(=O)N(CCOC)C1CCSC1. The molecular formula is C13H26N2O2S. The number of nitrogens with zero attached hydrogens (tertiary/aromatic N) is 1. The van der Waals surface area contributed by atoms with Crippen LogP contribution in [0, 0.1) is 5.92 Å². The van der Waals surface area contributed by atoms with E-state index >= 15 is 0 Å². The first-order chi connectivity index (χ1) is 8.70. The van der Waals surface area contributed by atoms with Gasteiger partial charge in [0.1, 0.15) is 0 Å². The van der Waals surface area contributed by atoms with Gasteiger partial charge in [-0.25, -0.2) is 0 Å². The van der Waals surface area contributed by atoms with Gasteiger partial charge in [-0.15, -0.1) is 0 Å². The minimum Gasteiger partial charge on any atom is -0.383 e. The molecule has 1 amide bonds. The van der Waals surface area contributed by atoms with Gasteiger partial charge in [0.2, 0.25) is 5.91 Å². The minimum atomic E-state index is 0.0485. The third-order valence-electron chi connectivity index (χ3n) is 3.29. The first-order valence-electron chi connectivity index (χ1n) is 6.78. The van der Waals surface area contributed by atoms with Gasteiger partial charge >= 0.3 is 0 Å². The molecule has 1 aliphatic rings. The highest BCUT2D eigenvalue weighted by atomic mass is 32.2. The third-order valence-corrected chi connectivity index (χ3v) is 4.43. The van der Waals surface area contributed by atoms with Crippen LogP contribution in [0.4, 0.5) is 0 Å². The van der Waals surface area contributed by atoms with Gasteiger partial charge in [-0.3, -0.25) is 4.79 Å². The molecule has 0 aliphatic carbocycles. The van der Waals surface area contributed by atoms with Crippen molar-refractivity contribution in [2.24, 2.45) is 5.92 Å². The Hall–Kier alpha value is -0.260. The van der Waals surface area contributed by atoms with Crippen LogP contribution in [0.5, 0.6) is 0 Å². The van der Waals surface area contributed by atoms with Crippen molar-refractivity contribution in [1.82, 2.24) is 10.2 Å². The summed E-state index contributed by atoms with van der Waals surface area (Å²) in [5.74, 6) is 2.56. The molecule has 0 aromatic heterocycles. The number of ether oxygens (including phenoxy) is 1. The number of carbonyl (C=O) groups is 1. The smallest absolute Gasteiger partial charge is 0.227 e. The molecule has 0 saturated carbocycles. The lowest BCUT2D eigenvalue weighted by Gasteiger charge is -2.31. The topological polar surface area (TPSA) is 41.6 Å². The van der Waals surface area contributed by atoms with Crippen LogP contribution in [0.3, 0.4) is 0 Å². The van der Waals surface area contributed by atoms with Crippen molar-refractivity contribution < 1.29 is 9.53 Å². The van der Waals surface area contributed by atoms with Crippen LogP contribution >= 0.6 is 11.8 Å². The van der Waals surface area contributed by atoms with Crippen molar-refractivity contribution in [3.05, 3.63) is 0 Å². The lowest BCUT2D eigenvalue weighted by molar-refractivity contribution is -0.137. The molecule has 4 nitrogen and oxygen atoms in total.